The zero-order valence-corrected chi connectivity index (χ0v) is 24.3. The van der Waals surface area contributed by atoms with E-state index >= 15 is 0 Å². The smallest absolute Gasteiger partial charge is 0.260 e. The number of para-hydroxylation sites is 2. The van der Waals surface area contributed by atoms with E-state index in [1.54, 1.807) is 20.3 Å². The number of carbonyl (C=O) groups excluding carboxylic acids is 1. The molecule has 0 spiro atoms. The molecule has 2 aromatic heterocycles. The molecule has 0 bridgehead atoms. The van der Waals surface area contributed by atoms with Crippen LogP contribution in [0.2, 0.25) is 0 Å². The van der Waals surface area contributed by atoms with Crippen LogP contribution in [-0.2, 0) is 30.6 Å². The van der Waals surface area contributed by atoms with E-state index in [-0.39, 0.29) is 18.2 Å². The maximum absolute atomic E-state index is 13.1. The lowest BCUT2D eigenvalue weighted by molar-refractivity contribution is -0.121. The summed E-state index contributed by atoms with van der Waals surface area (Å²) in [6, 6.07) is 15.2. The van der Waals surface area contributed by atoms with E-state index in [1.807, 2.05) is 47.0 Å². The number of halogens is 1. The number of rotatable bonds is 8. The quantitative estimate of drug-likeness (QED) is 0.166. The third-order valence-corrected chi connectivity index (χ3v) is 8.04. The summed E-state index contributed by atoms with van der Waals surface area (Å²) in [5, 5.41) is 15.9. The summed E-state index contributed by atoms with van der Waals surface area (Å²) in [5.74, 6) is 2.70. The van der Waals surface area contributed by atoms with Gasteiger partial charge in [-0.05, 0) is 71.1 Å². The van der Waals surface area contributed by atoms with Gasteiger partial charge < -0.3 is 23.6 Å². The Morgan fingerprint density at radius 3 is 2.78 bits per heavy atom. The average Bonchev–Trinajstić information content (AvgIpc) is 3.52. The Hall–Kier alpha value is -4.31. The summed E-state index contributed by atoms with van der Waals surface area (Å²) in [4.78, 5) is 17.9. The van der Waals surface area contributed by atoms with Crippen molar-refractivity contribution in [3.63, 3.8) is 0 Å². The van der Waals surface area contributed by atoms with Crippen LogP contribution in [0.3, 0.4) is 0 Å². The number of fused-ring (bicyclic) bond motifs is 4. The lowest BCUT2D eigenvalue weighted by Crippen LogP contribution is -2.24. The highest BCUT2D eigenvalue weighted by Gasteiger charge is 2.23. The monoisotopic (exact) mass is 616 g/mol. The molecule has 0 atom stereocenters. The molecule has 3 aromatic carbocycles. The molecule has 0 fully saturated rings. The second-order valence-electron chi connectivity index (χ2n) is 9.97. The number of aryl methyl sites for hydroxylation is 2. The fraction of sp³-hybridized carbons (Fsp3) is 0.258. The van der Waals surface area contributed by atoms with Crippen molar-refractivity contribution in [2.75, 3.05) is 14.2 Å². The number of aromatic hydroxyl groups is 1. The van der Waals surface area contributed by atoms with Crippen LogP contribution in [-0.4, -0.2) is 41.0 Å². The number of phenols is 1. The third kappa shape index (κ3) is 5.15. The van der Waals surface area contributed by atoms with Crippen molar-refractivity contribution in [3.05, 3.63) is 81.3 Å². The van der Waals surface area contributed by atoms with Crippen LogP contribution < -0.4 is 14.9 Å². The van der Waals surface area contributed by atoms with Crippen molar-refractivity contribution in [1.29, 1.82) is 0 Å². The minimum atomic E-state index is -0.321. The third-order valence-electron chi connectivity index (χ3n) is 7.44. The molecule has 41 heavy (non-hydrogen) atoms. The molecule has 210 valence electrons. The van der Waals surface area contributed by atoms with Gasteiger partial charge in [0.05, 0.1) is 35.9 Å². The van der Waals surface area contributed by atoms with Gasteiger partial charge in [-0.1, -0.05) is 18.2 Å². The maximum Gasteiger partial charge on any atom is 0.260 e. The van der Waals surface area contributed by atoms with Crippen LogP contribution >= 0.6 is 15.9 Å². The first kappa shape index (κ1) is 26.9. The highest BCUT2D eigenvalue weighted by molar-refractivity contribution is 9.10. The van der Waals surface area contributed by atoms with Crippen LogP contribution in [0.25, 0.3) is 22.0 Å². The minimum absolute atomic E-state index is 0.0153. The van der Waals surface area contributed by atoms with E-state index in [4.69, 9.17) is 18.9 Å². The van der Waals surface area contributed by atoms with Crippen LogP contribution in [0.5, 0.6) is 17.2 Å². The molecule has 0 saturated carbocycles. The Kier molecular flexibility index (Phi) is 7.40. The number of methoxy groups -OCH3 is 2. The van der Waals surface area contributed by atoms with Gasteiger partial charge in [0.2, 0.25) is 0 Å². The number of furan rings is 1. The second-order valence-corrected chi connectivity index (χ2v) is 10.8. The van der Waals surface area contributed by atoms with Crippen molar-refractivity contribution in [3.8, 4) is 17.2 Å². The van der Waals surface area contributed by atoms with Crippen molar-refractivity contribution < 1.29 is 23.8 Å². The zero-order chi connectivity index (χ0) is 28.5. The number of hydrogen-bond acceptors (Lipinski definition) is 7. The van der Waals surface area contributed by atoms with Crippen molar-refractivity contribution in [2.24, 2.45) is 5.10 Å². The molecule has 9 nitrogen and oxygen atoms in total. The molecule has 1 aliphatic carbocycles. The fourth-order valence-corrected chi connectivity index (χ4v) is 5.92. The molecule has 0 radical (unpaired) electrons. The Labute approximate surface area is 244 Å². The van der Waals surface area contributed by atoms with Gasteiger partial charge in [-0.3, -0.25) is 4.79 Å². The van der Waals surface area contributed by atoms with E-state index in [0.717, 1.165) is 64.8 Å². The van der Waals surface area contributed by atoms with E-state index in [9.17, 15) is 9.90 Å². The molecule has 1 amide bonds. The summed E-state index contributed by atoms with van der Waals surface area (Å²) in [5.41, 5.74) is 7.56. The summed E-state index contributed by atoms with van der Waals surface area (Å²) < 4.78 is 19.3. The number of nitrogens with one attached hydrogen (secondary N) is 1. The number of imidazole rings is 1. The molecular weight excluding hydrogens is 588 g/mol. The van der Waals surface area contributed by atoms with Gasteiger partial charge in [-0.25, -0.2) is 10.4 Å². The number of aromatic nitrogens is 2. The molecule has 10 heteroatoms. The molecular formula is C31H29BrN4O5. The van der Waals surface area contributed by atoms with Crippen molar-refractivity contribution in [2.45, 2.75) is 38.6 Å². The predicted molar refractivity (Wildman–Crippen MR) is 160 cm³/mol. The van der Waals surface area contributed by atoms with Gasteiger partial charge in [-0.2, -0.15) is 5.10 Å². The van der Waals surface area contributed by atoms with Gasteiger partial charge >= 0.3 is 0 Å². The number of benzene rings is 3. The Morgan fingerprint density at radius 2 is 1.95 bits per heavy atom. The Balaban J connectivity index is 1.26. The summed E-state index contributed by atoms with van der Waals surface area (Å²) in [6.45, 7) is 0.0153. The van der Waals surface area contributed by atoms with E-state index in [0.29, 0.717) is 33.5 Å². The van der Waals surface area contributed by atoms with Gasteiger partial charge in [0, 0.05) is 29.4 Å². The first-order chi connectivity index (χ1) is 20.0. The Morgan fingerprint density at radius 1 is 1.15 bits per heavy atom. The first-order valence-corrected chi connectivity index (χ1v) is 14.2. The zero-order valence-electron chi connectivity index (χ0n) is 22.7. The normalized spacial score (nSPS) is 13.1. The lowest BCUT2D eigenvalue weighted by Gasteiger charge is -2.11. The highest BCUT2D eigenvalue weighted by atomic mass is 79.9. The predicted octanol–water partition coefficient (Wildman–Crippen LogP) is 5.89. The number of hydrogen-bond donors (Lipinski definition) is 2. The average molecular weight is 617 g/mol. The first-order valence-electron chi connectivity index (χ1n) is 13.4. The summed E-state index contributed by atoms with van der Waals surface area (Å²) in [7, 11) is 3.20. The van der Waals surface area contributed by atoms with Crippen LogP contribution in [0.4, 0.5) is 0 Å². The van der Waals surface area contributed by atoms with E-state index < -0.39 is 0 Å². The van der Waals surface area contributed by atoms with Gasteiger partial charge in [0.25, 0.3) is 5.91 Å². The largest absolute Gasteiger partial charge is 0.506 e. The molecule has 1 aliphatic rings. The van der Waals surface area contributed by atoms with Gasteiger partial charge in [0.15, 0.2) is 11.5 Å². The van der Waals surface area contributed by atoms with Crippen molar-refractivity contribution >= 4 is 50.1 Å². The standard InChI is InChI=1S/C31H29BrN4O5/c1-39-25-12-11-18(13-26(25)40-2)14-28-34-22-8-4-5-9-23(22)36(28)17-29(37)35-33-16-20-30-19-7-3-6-10-24(19)41-27(30)15-21(32)31(20)38/h4-5,8-9,11-13,15-16,38H,3,6-7,10,14,17H2,1-2H3,(H,35,37). The number of hydrazone groups is 1. The van der Waals surface area contributed by atoms with Crippen LogP contribution in [0, 0.1) is 0 Å². The summed E-state index contributed by atoms with van der Waals surface area (Å²) >= 11 is 3.41. The molecule has 0 aliphatic heterocycles. The molecule has 0 saturated heterocycles. The van der Waals surface area contributed by atoms with Crippen molar-refractivity contribution in [1.82, 2.24) is 15.0 Å². The highest BCUT2D eigenvalue weighted by Crippen LogP contribution is 2.40. The number of carbonyl (C=O) groups is 1. The number of amides is 1. The number of phenolic OH excluding ortho intramolecular Hbond substituents is 1. The molecule has 2 N–H and O–H groups in total. The maximum atomic E-state index is 13.1. The van der Waals surface area contributed by atoms with E-state index in [2.05, 4.69) is 26.5 Å². The SMILES string of the molecule is COc1ccc(Cc2nc3ccccc3n2CC(=O)NN=Cc2c(O)c(Br)cc3oc4c(c23)CCCC4)cc1OC. The summed E-state index contributed by atoms with van der Waals surface area (Å²) in [6.07, 6.45) is 5.88. The van der Waals surface area contributed by atoms with E-state index in [1.165, 1.54) is 6.21 Å². The molecule has 0 unspecified atom stereocenters. The molecule has 2 heterocycles. The lowest BCUT2D eigenvalue weighted by atomic mass is 9.94. The van der Waals surface area contributed by atoms with Crippen LogP contribution in [0.15, 0.2) is 62.5 Å². The van der Waals surface area contributed by atoms with Gasteiger partial charge in [-0.15, -0.1) is 0 Å². The topological polar surface area (TPSA) is 111 Å². The van der Waals surface area contributed by atoms with Gasteiger partial charge in [0.1, 0.15) is 29.5 Å². The fourth-order valence-electron chi connectivity index (χ4n) is 5.50. The van der Waals surface area contributed by atoms with Crippen LogP contribution in [0.1, 0.15) is 41.1 Å². The number of ether oxygens (including phenoxy) is 2. The Bertz CT molecular complexity index is 1810. The second kappa shape index (κ2) is 11.3. The minimum Gasteiger partial charge on any atom is -0.506 e. The number of nitrogens with zero attached hydrogens (tertiary/aromatic N) is 3. The molecule has 5 aromatic rings. The molecule has 6 rings (SSSR count).